The summed E-state index contributed by atoms with van der Waals surface area (Å²) in [7, 11) is 4.13. The number of benzene rings is 3. The molecule has 0 unspecified atom stereocenters. The molecule has 0 radical (unpaired) electrons. The second-order valence-electron chi connectivity index (χ2n) is 9.54. The van der Waals surface area contributed by atoms with E-state index in [0.717, 1.165) is 58.6 Å². The van der Waals surface area contributed by atoms with Crippen molar-refractivity contribution in [3.05, 3.63) is 84.8 Å². The number of likely N-dealkylation sites (N-methyl/N-ethyl adjacent to an activating group) is 1. The molecule has 1 aliphatic heterocycles. The first kappa shape index (κ1) is 22.2. The van der Waals surface area contributed by atoms with Gasteiger partial charge in [0.2, 0.25) is 0 Å². The Bertz CT molecular complexity index is 1590. The smallest absolute Gasteiger partial charge is 0.253 e. The number of carbonyl (C=O) groups excluding carboxylic acids is 1. The van der Waals surface area contributed by atoms with E-state index in [1.54, 1.807) is 12.4 Å². The minimum absolute atomic E-state index is 0.0617. The monoisotopic (exact) mass is 476 g/mol. The predicted octanol–water partition coefficient (Wildman–Crippen LogP) is 4.97. The third kappa shape index (κ3) is 4.18. The van der Waals surface area contributed by atoms with Crippen LogP contribution in [-0.2, 0) is 7.05 Å². The number of anilines is 2. The number of fused-ring (bicyclic) bond motifs is 2. The number of amides is 1. The second kappa shape index (κ2) is 9.09. The summed E-state index contributed by atoms with van der Waals surface area (Å²) < 4.78 is 2.12. The lowest BCUT2D eigenvalue weighted by molar-refractivity contribution is 0.0939. The lowest BCUT2D eigenvalue weighted by Gasteiger charge is -2.17. The zero-order chi connectivity index (χ0) is 24.6. The van der Waals surface area contributed by atoms with Gasteiger partial charge in [-0.2, -0.15) is 0 Å². The fraction of sp³-hybridized carbons (Fsp3) is 0.207. The van der Waals surface area contributed by atoms with Crippen molar-refractivity contribution in [2.75, 3.05) is 25.5 Å². The van der Waals surface area contributed by atoms with Crippen LogP contribution in [0.3, 0.4) is 0 Å². The highest BCUT2D eigenvalue weighted by Gasteiger charge is 2.22. The summed E-state index contributed by atoms with van der Waals surface area (Å²) in [6.07, 6.45) is 6.46. The topological polar surface area (TPSA) is 75.1 Å². The van der Waals surface area contributed by atoms with E-state index < -0.39 is 0 Å². The van der Waals surface area contributed by atoms with Crippen molar-refractivity contribution in [1.29, 1.82) is 0 Å². The number of likely N-dealkylation sites (tertiary alicyclic amines) is 1. The molecule has 0 saturated carbocycles. The van der Waals surface area contributed by atoms with Crippen molar-refractivity contribution in [2.45, 2.75) is 12.5 Å². The minimum Gasteiger partial charge on any atom is -0.355 e. The van der Waals surface area contributed by atoms with Crippen molar-refractivity contribution < 1.29 is 4.79 Å². The van der Waals surface area contributed by atoms with E-state index in [0.29, 0.717) is 5.56 Å². The van der Waals surface area contributed by atoms with E-state index in [9.17, 15) is 4.79 Å². The van der Waals surface area contributed by atoms with Gasteiger partial charge in [0.15, 0.2) is 0 Å². The van der Waals surface area contributed by atoms with Crippen LogP contribution in [0.15, 0.2) is 79.3 Å². The average molecular weight is 477 g/mol. The molecule has 1 fully saturated rings. The van der Waals surface area contributed by atoms with Gasteiger partial charge in [0.25, 0.3) is 5.91 Å². The number of nitrogens with one attached hydrogen (secondary N) is 2. The first-order valence-electron chi connectivity index (χ1n) is 12.2. The molecule has 1 amide bonds. The molecule has 5 aromatic rings. The van der Waals surface area contributed by atoms with Gasteiger partial charge in [-0.25, -0.2) is 0 Å². The summed E-state index contributed by atoms with van der Waals surface area (Å²) in [6.45, 7) is 1.87. The molecule has 1 aliphatic rings. The normalized spacial score (nSPS) is 16.0. The Morgan fingerprint density at radius 2 is 1.86 bits per heavy atom. The molecule has 2 aromatic heterocycles. The zero-order valence-corrected chi connectivity index (χ0v) is 20.4. The Morgan fingerprint density at radius 3 is 2.72 bits per heavy atom. The SMILES string of the molecule is CN1CC[C@H](NC(=O)c2ccccc2Nc2cc(-c3ccc4ccn(C)c4c3)c3nccnc3c2)C1. The van der Waals surface area contributed by atoms with Crippen LogP contribution < -0.4 is 10.6 Å². The number of carbonyl (C=O) groups is 1. The van der Waals surface area contributed by atoms with Crippen LogP contribution in [0.25, 0.3) is 33.1 Å². The van der Waals surface area contributed by atoms with Gasteiger partial charge in [-0.1, -0.05) is 24.3 Å². The molecule has 6 rings (SSSR count). The summed E-state index contributed by atoms with van der Waals surface area (Å²) in [4.78, 5) is 24.6. The summed E-state index contributed by atoms with van der Waals surface area (Å²) in [5.74, 6) is -0.0617. The molecular weight excluding hydrogens is 448 g/mol. The van der Waals surface area contributed by atoms with Crippen LogP contribution in [0, 0.1) is 0 Å². The van der Waals surface area contributed by atoms with Crippen molar-refractivity contribution >= 4 is 39.2 Å². The van der Waals surface area contributed by atoms with E-state index >= 15 is 0 Å². The standard InChI is InChI=1S/C29H28N6O/c1-34-13-10-21(18-34)33-29(36)23-5-3-4-6-25(23)32-22-16-24(28-26(17-22)30-11-12-31-28)20-8-7-19-9-14-35(2)27(19)15-20/h3-9,11-12,14-17,21,32H,10,13,18H2,1-2H3,(H,33,36)/t21-/m0/s1. The van der Waals surface area contributed by atoms with Crippen LogP contribution in [0.4, 0.5) is 11.4 Å². The second-order valence-corrected chi connectivity index (χ2v) is 9.54. The van der Waals surface area contributed by atoms with Crippen LogP contribution in [0.2, 0.25) is 0 Å². The highest BCUT2D eigenvalue weighted by molar-refractivity contribution is 6.02. The highest BCUT2D eigenvalue weighted by atomic mass is 16.1. The number of para-hydroxylation sites is 1. The van der Waals surface area contributed by atoms with E-state index in [1.165, 1.54) is 5.39 Å². The van der Waals surface area contributed by atoms with Gasteiger partial charge in [0, 0.05) is 55.0 Å². The van der Waals surface area contributed by atoms with Crippen molar-refractivity contribution in [1.82, 2.24) is 24.8 Å². The van der Waals surface area contributed by atoms with E-state index in [2.05, 4.69) is 73.6 Å². The van der Waals surface area contributed by atoms with Crippen molar-refractivity contribution in [3.8, 4) is 11.1 Å². The maximum Gasteiger partial charge on any atom is 0.253 e. The number of aryl methyl sites for hydroxylation is 1. The molecule has 1 atom stereocenters. The molecule has 180 valence electrons. The third-order valence-corrected chi connectivity index (χ3v) is 6.95. The van der Waals surface area contributed by atoms with Crippen LogP contribution in [-0.4, -0.2) is 51.5 Å². The maximum absolute atomic E-state index is 13.2. The maximum atomic E-state index is 13.2. The van der Waals surface area contributed by atoms with E-state index in [4.69, 9.17) is 0 Å². The van der Waals surface area contributed by atoms with E-state index in [-0.39, 0.29) is 11.9 Å². The number of rotatable bonds is 5. The fourth-order valence-corrected chi connectivity index (χ4v) is 5.06. The molecule has 3 aromatic carbocycles. The quantitative estimate of drug-likeness (QED) is 0.375. The average Bonchev–Trinajstić information content (AvgIpc) is 3.48. The van der Waals surface area contributed by atoms with E-state index in [1.807, 2.05) is 37.4 Å². The largest absolute Gasteiger partial charge is 0.355 e. The lowest BCUT2D eigenvalue weighted by Crippen LogP contribution is -2.36. The molecule has 3 heterocycles. The third-order valence-electron chi connectivity index (χ3n) is 6.95. The molecular formula is C29H28N6O. The number of hydrogen-bond acceptors (Lipinski definition) is 5. The van der Waals surface area contributed by atoms with Gasteiger partial charge in [0.05, 0.1) is 22.3 Å². The summed E-state index contributed by atoms with van der Waals surface area (Å²) >= 11 is 0. The first-order valence-corrected chi connectivity index (χ1v) is 12.2. The summed E-state index contributed by atoms with van der Waals surface area (Å²) in [5, 5.41) is 7.88. The van der Waals surface area contributed by atoms with Crippen LogP contribution >= 0.6 is 0 Å². The van der Waals surface area contributed by atoms with Gasteiger partial charge in [-0.15, -0.1) is 0 Å². The minimum atomic E-state index is -0.0617. The zero-order valence-electron chi connectivity index (χ0n) is 20.4. The van der Waals surface area contributed by atoms with Crippen molar-refractivity contribution in [2.24, 2.45) is 7.05 Å². The Balaban J connectivity index is 1.38. The number of hydrogen-bond donors (Lipinski definition) is 2. The van der Waals surface area contributed by atoms with Gasteiger partial charge >= 0.3 is 0 Å². The van der Waals surface area contributed by atoms with Gasteiger partial charge < -0.3 is 20.1 Å². The molecule has 7 heteroatoms. The number of aromatic nitrogens is 3. The van der Waals surface area contributed by atoms with Crippen LogP contribution in [0.5, 0.6) is 0 Å². The highest BCUT2D eigenvalue weighted by Crippen LogP contribution is 2.33. The molecule has 2 N–H and O–H groups in total. The fourth-order valence-electron chi connectivity index (χ4n) is 5.06. The Kier molecular flexibility index (Phi) is 5.62. The van der Waals surface area contributed by atoms with Gasteiger partial charge in [-0.3, -0.25) is 14.8 Å². The first-order chi connectivity index (χ1) is 17.5. The molecule has 0 spiro atoms. The van der Waals surface area contributed by atoms with Gasteiger partial charge in [0.1, 0.15) is 0 Å². The molecule has 0 bridgehead atoms. The van der Waals surface area contributed by atoms with Crippen LogP contribution in [0.1, 0.15) is 16.8 Å². The Labute approximate surface area is 209 Å². The predicted molar refractivity (Wildman–Crippen MR) is 145 cm³/mol. The Morgan fingerprint density at radius 1 is 1.00 bits per heavy atom. The van der Waals surface area contributed by atoms with Gasteiger partial charge in [-0.05, 0) is 67.4 Å². The summed E-state index contributed by atoms with van der Waals surface area (Å²) in [6, 6.07) is 20.4. The number of nitrogens with zero attached hydrogens (tertiary/aromatic N) is 4. The van der Waals surface area contributed by atoms with Crippen molar-refractivity contribution in [3.63, 3.8) is 0 Å². The molecule has 0 aliphatic carbocycles. The Hall–Kier alpha value is -4.23. The lowest BCUT2D eigenvalue weighted by atomic mass is 10.0. The molecule has 7 nitrogen and oxygen atoms in total. The summed E-state index contributed by atoms with van der Waals surface area (Å²) in [5.41, 5.74) is 7.07. The molecule has 36 heavy (non-hydrogen) atoms. The molecule has 1 saturated heterocycles.